The molecule has 0 saturated heterocycles. The summed E-state index contributed by atoms with van der Waals surface area (Å²) in [6.45, 7) is 2.06. The molecule has 0 amide bonds. The number of nitro groups is 1. The lowest BCUT2D eigenvalue weighted by Crippen LogP contribution is -2.24. The van der Waals surface area contributed by atoms with Crippen molar-refractivity contribution in [2.45, 2.75) is 18.2 Å². The van der Waals surface area contributed by atoms with E-state index in [-0.39, 0.29) is 22.9 Å². The van der Waals surface area contributed by atoms with Gasteiger partial charge in [0.05, 0.1) is 16.9 Å². The van der Waals surface area contributed by atoms with Crippen LogP contribution in [0.5, 0.6) is 5.75 Å². The van der Waals surface area contributed by atoms with Crippen molar-refractivity contribution in [2.75, 3.05) is 13.7 Å². The van der Waals surface area contributed by atoms with E-state index < -0.39 is 14.9 Å². The standard InChI is InChI=1S/C12H16N2O5S/c1-3-4-5-8-13-20(17,18)10-6-7-12(19-2)11(9-10)14(15)16/h3-4,6-7,9,13H,5,8H2,1-2H3/b4-3+. The number of hydrogen-bond donors (Lipinski definition) is 1. The number of nitrogens with zero attached hydrogens (tertiary/aromatic N) is 1. The number of ether oxygens (including phenoxy) is 1. The summed E-state index contributed by atoms with van der Waals surface area (Å²) >= 11 is 0. The van der Waals surface area contributed by atoms with Crippen molar-refractivity contribution in [3.8, 4) is 5.75 Å². The maximum absolute atomic E-state index is 12.0. The van der Waals surface area contributed by atoms with Gasteiger partial charge in [-0.3, -0.25) is 10.1 Å². The molecule has 110 valence electrons. The molecular formula is C12H16N2O5S. The van der Waals surface area contributed by atoms with Crippen LogP contribution in [0.15, 0.2) is 35.2 Å². The molecule has 0 bridgehead atoms. The van der Waals surface area contributed by atoms with Gasteiger partial charge in [0, 0.05) is 12.6 Å². The summed E-state index contributed by atoms with van der Waals surface area (Å²) in [5.41, 5.74) is -0.385. The summed E-state index contributed by atoms with van der Waals surface area (Å²) < 4.78 is 31.1. The van der Waals surface area contributed by atoms with E-state index in [0.29, 0.717) is 6.42 Å². The molecule has 0 aromatic heterocycles. The number of allylic oxidation sites excluding steroid dienone is 1. The molecule has 0 atom stereocenters. The van der Waals surface area contributed by atoms with Crippen LogP contribution in [-0.4, -0.2) is 27.0 Å². The quantitative estimate of drug-likeness (QED) is 0.358. The third-order valence-corrected chi connectivity index (χ3v) is 3.95. The van der Waals surface area contributed by atoms with Crippen LogP contribution in [0, 0.1) is 10.1 Å². The molecule has 0 unspecified atom stereocenters. The number of sulfonamides is 1. The zero-order valence-corrected chi connectivity index (χ0v) is 12.0. The fourth-order valence-corrected chi connectivity index (χ4v) is 2.57. The van der Waals surface area contributed by atoms with Crippen LogP contribution in [0.4, 0.5) is 5.69 Å². The highest BCUT2D eigenvalue weighted by Crippen LogP contribution is 2.29. The highest BCUT2D eigenvalue weighted by molar-refractivity contribution is 7.89. The van der Waals surface area contributed by atoms with E-state index in [4.69, 9.17) is 4.74 Å². The summed E-state index contributed by atoms with van der Waals surface area (Å²) in [5, 5.41) is 10.9. The Morgan fingerprint density at radius 3 is 2.70 bits per heavy atom. The van der Waals surface area contributed by atoms with E-state index in [1.54, 1.807) is 0 Å². The van der Waals surface area contributed by atoms with Crippen LogP contribution in [0.1, 0.15) is 13.3 Å². The molecule has 0 heterocycles. The molecule has 0 saturated carbocycles. The molecule has 1 aromatic rings. The lowest BCUT2D eigenvalue weighted by atomic mass is 10.3. The molecule has 7 nitrogen and oxygen atoms in total. The minimum Gasteiger partial charge on any atom is -0.490 e. The van der Waals surface area contributed by atoms with Crippen molar-refractivity contribution in [3.05, 3.63) is 40.5 Å². The molecule has 8 heteroatoms. The van der Waals surface area contributed by atoms with Gasteiger partial charge in [-0.05, 0) is 25.5 Å². The summed E-state index contributed by atoms with van der Waals surface area (Å²) in [6, 6.07) is 3.51. The second-order valence-corrected chi connectivity index (χ2v) is 5.61. The molecule has 0 radical (unpaired) electrons. The maximum Gasteiger partial charge on any atom is 0.312 e. The van der Waals surface area contributed by atoms with Gasteiger partial charge >= 0.3 is 5.69 Å². The normalized spacial score (nSPS) is 11.7. The number of methoxy groups -OCH3 is 1. The molecule has 0 fully saturated rings. The van der Waals surface area contributed by atoms with E-state index in [2.05, 4.69) is 4.72 Å². The van der Waals surface area contributed by atoms with Crippen molar-refractivity contribution in [3.63, 3.8) is 0 Å². The van der Waals surface area contributed by atoms with E-state index in [0.717, 1.165) is 6.07 Å². The van der Waals surface area contributed by atoms with E-state index in [1.165, 1.54) is 19.2 Å². The molecule has 0 spiro atoms. The monoisotopic (exact) mass is 300 g/mol. The van der Waals surface area contributed by atoms with Crippen LogP contribution < -0.4 is 9.46 Å². The zero-order chi connectivity index (χ0) is 15.2. The van der Waals surface area contributed by atoms with Gasteiger partial charge in [0.1, 0.15) is 0 Å². The number of rotatable bonds is 7. The summed E-state index contributed by atoms with van der Waals surface area (Å²) in [7, 11) is -2.48. The van der Waals surface area contributed by atoms with Gasteiger partial charge < -0.3 is 4.74 Å². The maximum atomic E-state index is 12.0. The second-order valence-electron chi connectivity index (χ2n) is 3.85. The first kappa shape index (κ1) is 16.1. The lowest BCUT2D eigenvalue weighted by Gasteiger charge is -2.07. The predicted molar refractivity (Wildman–Crippen MR) is 74.3 cm³/mol. The van der Waals surface area contributed by atoms with Crippen molar-refractivity contribution in [1.82, 2.24) is 4.72 Å². The average Bonchev–Trinajstić information content (AvgIpc) is 2.42. The highest BCUT2D eigenvalue weighted by atomic mass is 32.2. The first-order valence-electron chi connectivity index (χ1n) is 5.85. The zero-order valence-electron chi connectivity index (χ0n) is 11.2. The Balaban J connectivity index is 3.01. The van der Waals surface area contributed by atoms with Gasteiger partial charge in [0.2, 0.25) is 10.0 Å². The number of nitro benzene ring substituents is 1. The molecular weight excluding hydrogens is 284 g/mol. The lowest BCUT2D eigenvalue weighted by molar-refractivity contribution is -0.386. The first-order valence-corrected chi connectivity index (χ1v) is 7.34. The summed E-state index contributed by atoms with van der Waals surface area (Å²) in [4.78, 5) is 10.0. The Morgan fingerprint density at radius 1 is 1.45 bits per heavy atom. The Bertz CT molecular complexity index is 610. The molecule has 1 aromatic carbocycles. The summed E-state index contributed by atoms with van der Waals surface area (Å²) in [5.74, 6) is 0.0165. The Labute approximate surface area is 117 Å². The van der Waals surface area contributed by atoms with Gasteiger partial charge in [-0.15, -0.1) is 0 Å². The molecule has 20 heavy (non-hydrogen) atoms. The fraction of sp³-hybridized carbons (Fsp3) is 0.333. The smallest absolute Gasteiger partial charge is 0.312 e. The van der Waals surface area contributed by atoms with Crippen LogP contribution in [-0.2, 0) is 10.0 Å². The number of hydrogen-bond acceptors (Lipinski definition) is 5. The van der Waals surface area contributed by atoms with Crippen LogP contribution in [0.3, 0.4) is 0 Å². The van der Waals surface area contributed by atoms with Gasteiger partial charge in [0.25, 0.3) is 0 Å². The number of nitrogens with one attached hydrogen (secondary N) is 1. The van der Waals surface area contributed by atoms with Crippen molar-refractivity contribution in [2.24, 2.45) is 0 Å². The Hall–Kier alpha value is -1.93. The second kappa shape index (κ2) is 7.01. The molecule has 0 aliphatic rings. The van der Waals surface area contributed by atoms with Crippen molar-refractivity contribution < 1.29 is 18.1 Å². The van der Waals surface area contributed by atoms with E-state index in [1.807, 2.05) is 19.1 Å². The fourth-order valence-electron chi connectivity index (χ4n) is 1.51. The van der Waals surface area contributed by atoms with Crippen LogP contribution in [0.25, 0.3) is 0 Å². The minimum absolute atomic E-state index is 0.0165. The number of benzene rings is 1. The molecule has 0 aliphatic heterocycles. The third-order valence-electron chi connectivity index (χ3n) is 2.50. The summed E-state index contributed by atoms with van der Waals surface area (Å²) in [6.07, 6.45) is 4.18. The average molecular weight is 300 g/mol. The van der Waals surface area contributed by atoms with Gasteiger partial charge in [0.15, 0.2) is 5.75 Å². The Morgan fingerprint density at radius 2 is 2.15 bits per heavy atom. The minimum atomic E-state index is -3.77. The van der Waals surface area contributed by atoms with Gasteiger partial charge in [-0.2, -0.15) is 0 Å². The van der Waals surface area contributed by atoms with Crippen LogP contribution in [0.2, 0.25) is 0 Å². The third kappa shape index (κ3) is 4.04. The Kier molecular flexibility index (Phi) is 5.66. The van der Waals surface area contributed by atoms with Gasteiger partial charge in [-0.1, -0.05) is 12.2 Å². The van der Waals surface area contributed by atoms with Crippen molar-refractivity contribution in [1.29, 1.82) is 0 Å². The SMILES string of the molecule is C/C=C/CCNS(=O)(=O)c1ccc(OC)c([N+](=O)[O-])c1. The first-order chi connectivity index (χ1) is 9.42. The largest absolute Gasteiger partial charge is 0.490 e. The van der Waals surface area contributed by atoms with Crippen LogP contribution >= 0.6 is 0 Å². The van der Waals surface area contributed by atoms with Gasteiger partial charge in [-0.25, -0.2) is 13.1 Å². The molecule has 1 N–H and O–H groups in total. The highest BCUT2D eigenvalue weighted by Gasteiger charge is 2.21. The topological polar surface area (TPSA) is 98.5 Å². The van der Waals surface area contributed by atoms with E-state index in [9.17, 15) is 18.5 Å². The molecule has 1 rings (SSSR count). The van der Waals surface area contributed by atoms with E-state index >= 15 is 0 Å². The predicted octanol–water partition coefficient (Wildman–Crippen LogP) is 1.85. The molecule has 0 aliphatic carbocycles. The van der Waals surface area contributed by atoms with Crippen molar-refractivity contribution >= 4 is 15.7 Å².